The van der Waals surface area contributed by atoms with Gasteiger partial charge in [0, 0.05) is 11.9 Å². The van der Waals surface area contributed by atoms with E-state index < -0.39 is 18.0 Å². The standard InChI is InChI=1S/C25H22ClN3O6S/c1-4-35-24(33)20-13(2)28-25-29(21(20)14-5-8-16(34-3)9-6-14)22(30)19(36-25)12-27-15-7-10-18(26)17(11-15)23(31)32/h5-12,21,27H,4H2,1-3H3,(H,31,32)/b19-12-/t21-/m0/s1. The number of hydrogen-bond donors (Lipinski definition) is 2. The largest absolute Gasteiger partial charge is 0.497 e. The van der Waals surface area contributed by atoms with Crippen molar-refractivity contribution in [2.45, 2.75) is 19.9 Å². The molecule has 0 bridgehead atoms. The molecule has 0 saturated carbocycles. The Bertz CT molecular complexity index is 1560. The molecule has 11 heteroatoms. The Hall–Kier alpha value is -3.89. The summed E-state index contributed by atoms with van der Waals surface area (Å²) in [7, 11) is 1.55. The van der Waals surface area contributed by atoms with Gasteiger partial charge in [0.25, 0.3) is 5.56 Å². The third kappa shape index (κ3) is 4.77. The molecule has 186 valence electrons. The first-order valence-electron chi connectivity index (χ1n) is 10.9. The van der Waals surface area contributed by atoms with E-state index in [4.69, 9.17) is 21.1 Å². The quantitative estimate of drug-likeness (QED) is 0.453. The van der Waals surface area contributed by atoms with E-state index in [2.05, 4.69) is 10.3 Å². The minimum atomic E-state index is -1.16. The minimum absolute atomic E-state index is 0.0641. The fourth-order valence-electron chi connectivity index (χ4n) is 3.82. The maximum atomic E-state index is 13.5. The predicted octanol–water partition coefficient (Wildman–Crippen LogP) is 3.18. The van der Waals surface area contributed by atoms with E-state index in [0.717, 1.165) is 11.3 Å². The van der Waals surface area contributed by atoms with E-state index in [1.165, 1.54) is 22.9 Å². The van der Waals surface area contributed by atoms with Crippen molar-refractivity contribution in [3.05, 3.63) is 89.6 Å². The summed E-state index contributed by atoms with van der Waals surface area (Å²) in [6.07, 6.45) is 1.48. The number of thiazole rings is 1. The number of esters is 1. The van der Waals surface area contributed by atoms with Crippen LogP contribution in [0.25, 0.3) is 6.20 Å². The number of methoxy groups -OCH3 is 1. The molecule has 1 aromatic heterocycles. The number of aromatic nitrogens is 1. The van der Waals surface area contributed by atoms with Crippen molar-refractivity contribution in [2.75, 3.05) is 19.0 Å². The molecule has 0 amide bonds. The van der Waals surface area contributed by atoms with Gasteiger partial charge < -0.3 is 19.9 Å². The van der Waals surface area contributed by atoms with Gasteiger partial charge in [-0.15, -0.1) is 0 Å². The van der Waals surface area contributed by atoms with Crippen LogP contribution in [0.5, 0.6) is 5.75 Å². The van der Waals surface area contributed by atoms with Crippen LogP contribution < -0.4 is 24.9 Å². The molecule has 2 heterocycles. The van der Waals surface area contributed by atoms with Crippen molar-refractivity contribution in [1.82, 2.24) is 4.57 Å². The Morgan fingerprint density at radius 1 is 1.25 bits per heavy atom. The molecule has 1 aliphatic heterocycles. The molecule has 0 fully saturated rings. The highest BCUT2D eigenvalue weighted by Crippen LogP contribution is 2.31. The van der Waals surface area contributed by atoms with Crippen LogP contribution >= 0.6 is 22.9 Å². The number of fused-ring (bicyclic) bond motifs is 1. The number of allylic oxidation sites excluding steroid dienone is 1. The van der Waals surface area contributed by atoms with E-state index in [9.17, 15) is 19.5 Å². The number of nitrogens with one attached hydrogen (secondary N) is 1. The fourth-order valence-corrected chi connectivity index (χ4v) is 4.99. The van der Waals surface area contributed by atoms with Gasteiger partial charge in [-0.25, -0.2) is 14.6 Å². The van der Waals surface area contributed by atoms with E-state index in [1.807, 2.05) is 0 Å². The van der Waals surface area contributed by atoms with Crippen LogP contribution in [0.15, 0.2) is 63.5 Å². The summed E-state index contributed by atoms with van der Waals surface area (Å²) in [6.45, 7) is 3.60. The molecule has 4 rings (SSSR count). The van der Waals surface area contributed by atoms with Crippen LogP contribution in [0, 0.1) is 0 Å². The zero-order valence-corrected chi connectivity index (χ0v) is 21.1. The molecule has 0 aliphatic carbocycles. The fraction of sp³-hybridized carbons (Fsp3) is 0.200. The summed E-state index contributed by atoms with van der Waals surface area (Å²) < 4.78 is 12.3. The topological polar surface area (TPSA) is 119 Å². The van der Waals surface area contributed by atoms with Crippen molar-refractivity contribution in [2.24, 2.45) is 4.99 Å². The molecule has 9 nitrogen and oxygen atoms in total. The lowest BCUT2D eigenvalue weighted by atomic mass is 9.96. The molecular formula is C25H22ClN3O6S. The normalized spacial score (nSPS) is 15.2. The smallest absolute Gasteiger partial charge is 0.338 e. The first-order valence-corrected chi connectivity index (χ1v) is 12.1. The number of aromatic carboxylic acids is 1. The molecule has 2 N–H and O–H groups in total. The van der Waals surface area contributed by atoms with Crippen molar-refractivity contribution in [3.8, 4) is 5.75 Å². The number of carbonyl (C=O) groups is 2. The molecule has 0 unspecified atom stereocenters. The van der Waals surface area contributed by atoms with Crippen LogP contribution in [0.4, 0.5) is 5.69 Å². The van der Waals surface area contributed by atoms with Gasteiger partial charge in [-0.2, -0.15) is 0 Å². The van der Waals surface area contributed by atoms with Crippen molar-refractivity contribution < 1.29 is 24.2 Å². The number of halogens is 1. The number of carboxylic acids is 1. The van der Waals surface area contributed by atoms with Crippen LogP contribution in [-0.2, 0) is 9.53 Å². The second kappa shape index (κ2) is 10.4. The van der Waals surface area contributed by atoms with Gasteiger partial charge in [-0.1, -0.05) is 35.1 Å². The third-order valence-corrected chi connectivity index (χ3v) is 6.83. The first kappa shape index (κ1) is 25.2. The van der Waals surface area contributed by atoms with Gasteiger partial charge in [-0.05, 0) is 49.7 Å². The summed E-state index contributed by atoms with van der Waals surface area (Å²) in [4.78, 5) is 42.8. The predicted molar refractivity (Wildman–Crippen MR) is 136 cm³/mol. The maximum absolute atomic E-state index is 13.5. The Balaban J connectivity index is 1.83. The van der Waals surface area contributed by atoms with Crippen molar-refractivity contribution in [1.29, 1.82) is 0 Å². The average molecular weight is 528 g/mol. The number of rotatable bonds is 7. The Morgan fingerprint density at radius 3 is 2.61 bits per heavy atom. The Labute approximate surface area is 214 Å². The summed E-state index contributed by atoms with van der Waals surface area (Å²) >= 11 is 7.08. The monoisotopic (exact) mass is 527 g/mol. The van der Waals surface area contributed by atoms with Crippen LogP contribution in [0.2, 0.25) is 5.02 Å². The summed E-state index contributed by atoms with van der Waals surface area (Å²) in [5.74, 6) is -1.07. The van der Waals surface area contributed by atoms with Crippen LogP contribution in [-0.4, -0.2) is 35.3 Å². The molecule has 0 radical (unpaired) electrons. The highest BCUT2D eigenvalue weighted by Gasteiger charge is 2.33. The third-order valence-electron chi connectivity index (χ3n) is 5.52. The van der Waals surface area contributed by atoms with Crippen molar-refractivity contribution in [3.63, 3.8) is 0 Å². The number of hydrogen-bond acceptors (Lipinski definition) is 8. The number of nitrogens with zero attached hydrogens (tertiary/aromatic N) is 2. The minimum Gasteiger partial charge on any atom is -0.497 e. The number of carboxylic acid groups (broad SMARTS) is 1. The molecule has 36 heavy (non-hydrogen) atoms. The summed E-state index contributed by atoms with van der Waals surface area (Å²) in [5.41, 5.74) is 1.44. The van der Waals surface area contributed by atoms with Gasteiger partial charge in [0.05, 0.1) is 41.6 Å². The lowest BCUT2D eigenvalue weighted by Gasteiger charge is -2.24. The van der Waals surface area contributed by atoms with Gasteiger partial charge in [0.15, 0.2) is 4.80 Å². The summed E-state index contributed by atoms with van der Waals surface area (Å²) in [6, 6.07) is 10.8. The Kier molecular flexibility index (Phi) is 7.27. The maximum Gasteiger partial charge on any atom is 0.338 e. The lowest BCUT2D eigenvalue weighted by molar-refractivity contribution is -0.139. The molecular weight excluding hydrogens is 506 g/mol. The summed E-state index contributed by atoms with van der Waals surface area (Å²) in [5, 5.41) is 12.4. The molecule has 1 aliphatic rings. The average Bonchev–Trinajstić information content (AvgIpc) is 3.17. The lowest BCUT2D eigenvalue weighted by Crippen LogP contribution is -2.40. The first-order chi connectivity index (χ1) is 17.2. The number of benzene rings is 2. The highest BCUT2D eigenvalue weighted by atomic mass is 35.5. The van der Waals surface area contributed by atoms with E-state index in [-0.39, 0.29) is 28.3 Å². The second-order valence-corrected chi connectivity index (χ2v) is 9.14. The molecule has 2 aromatic carbocycles. The Morgan fingerprint density at radius 2 is 1.97 bits per heavy atom. The van der Waals surface area contributed by atoms with E-state index in [0.29, 0.717) is 32.0 Å². The second-order valence-electron chi connectivity index (χ2n) is 7.72. The van der Waals surface area contributed by atoms with Gasteiger partial charge in [-0.3, -0.25) is 9.36 Å². The zero-order valence-electron chi connectivity index (χ0n) is 19.6. The number of ether oxygens (including phenoxy) is 2. The van der Waals surface area contributed by atoms with Gasteiger partial charge in [0.2, 0.25) is 0 Å². The van der Waals surface area contributed by atoms with Gasteiger partial charge >= 0.3 is 11.9 Å². The highest BCUT2D eigenvalue weighted by molar-refractivity contribution is 7.07. The number of anilines is 1. The van der Waals surface area contributed by atoms with Crippen molar-refractivity contribution >= 4 is 46.8 Å². The molecule has 1 atom stereocenters. The molecule has 3 aromatic rings. The number of carbonyl (C=O) groups excluding carboxylic acids is 1. The van der Waals surface area contributed by atoms with Crippen LogP contribution in [0.3, 0.4) is 0 Å². The molecule has 0 spiro atoms. The van der Waals surface area contributed by atoms with E-state index in [1.54, 1.807) is 51.3 Å². The SMILES string of the molecule is CCOC(=O)C1=C(C)N=c2s/c(=C\Nc3ccc(Cl)c(C(=O)O)c3)c(=O)n2[C@H]1c1ccc(OC)cc1. The van der Waals surface area contributed by atoms with E-state index >= 15 is 0 Å². The van der Waals surface area contributed by atoms with Gasteiger partial charge in [0.1, 0.15) is 10.3 Å². The van der Waals surface area contributed by atoms with Crippen LogP contribution in [0.1, 0.15) is 35.8 Å². The molecule has 0 saturated heterocycles. The zero-order chi connectivity index (χ0) is 26.0.